The summed E-state index contributed by atoms with van der Waals surface area (Å²) in [6.07, 6.45) is -0.314. The van der Waals surface area contributed by atoms with E-state index in [0.717, 1.165) is 37.5 Å². The van der Waals surface area contributed by atoms with Crippen LogP contribution in [0.15, 0.2) is 24.3 Å². The number of hydrogen-bond donors (Lipinski definition) is 1. The molecule has 0 saturated carbocycles. The highest BCUT2D eigenvalue weighted by molar-refractivity contribution is 6.04. The van der Waals surface area contributed by atoms with E-state index in [9.17, 15) is 4.79 Å². The number of Topliss-reactive ketones (excluding diaryl/α,β-unsaturated/α-hetero) is 1. The van der Waals surface area contributed by atoms with Crippen molar-refractivity contribution < 1.29 is 9.53 Å². The minimum absolute atomic E-state index is 0. The van der Waals surface area contributed by atoms with Gasteiger partial charge in [0.25, 0.3) is 0 Å². The molecule has 1 atom stereocenters. The molecule has 1 aromatic carbocycles. The summed E-state index contributed by atoms with van der Waals surface area (Å²) < 4.78 is 5.71. The van der Waals surface area contributed by atoms with E-state index in [1.807, 2.05) is 24.3 Å². The van der Waals surface area contributed by atoms with Crippen LogP contribution in [-0.4, -0.2) is 49.5 Å². The van der Waals surface area contributed by atoms with Gasteiger partial charge in [0, 0.05) is 32.7 Å². The molecule has 7 heteroatoms. The Hall–Kier alpha value is -0.520. The molecule has 3 rings (SSSR count). The van der Waals surface area contributed by atoms with Gasteiger partial charge in [0.05, 0.1) is 5.56 Å². The van der Waals surface area contributed by atoms with Crippen LogP contribution in [0.4, 0.5) is 0 Å². The second kappa shape index (κ2) is 8.70. The third-order valence-corrected chi connectivity index (χ3v) is 3.35. The smallest absolute Gasteiger partial charge is 0.208 e. The first kappa shape index (κ1) is 19.5. The maximum Gasteiger partial charge on any atom is 0.208 e. The number of rotatable bonds is 2. The Kier molecular flexibility index (Phi) is 8.47. The van der Waals surface area contributed by atoms with E-state index in [0.29, 0.717) is 6.54 Å². The van der Waals surface area contributed by atoms with Crippen LogP contribution >= 0.6 is 37.2 Å². The van der Waals surface area contributed by atoms with Crippen LogP contribution in [0.25, 0.3) is 0 Å². The van der Waals surface area contributed by atoms with Crippen LogP contribution in [0, 0.1) is 0 Å². The van der Waals surface area contributed by atoms with Gasteiger partial charge in [0.15, 0.2) is 6.10 Å². The third-order valence-electron chi connectivity index (χ3n) is 3.35. The monoisotopic (exact) mass is 340 g/mol. The third kappa shape index (κ3) is 3.99. The molecule has 2 aliphatic heterocycles. The van der Waals surface area contributed by atoms with Gasteiger partial charge in [0.1, 0.15) is 5.75 Å². The van der Waals surface area contributed by atoms with Crippen molar-refractivity contribution >= 4 is 43.0 Å². The summed E-state index contributed by atoms with van der Waals surface area (Å²) in [4.78, 5) is 14.4. The standard InChI is InChI=1S/C13H16N2O2.3ClH/c16-13-10-3-1-2-4-11(10)17-12(13)9-15-7-5-14-6-8-15;;;/h1-4,12,14H,5-9H2;3*1H. The first-order chi connectivity index (χ1) is 8.34. The summed E-state index contributed by atoms with van der Waals surface area (Å²) in [5.74, 6) is 0.858. The molecule has 0 radical (unpaired) electrons. The number of para-hydroxylation sites is 1. The van der Waals surface area contributed by atoms with Gasteiger partial charge in [-0.05, 0) is 12.1 Å². The van der Waals surface area contributed by atoms with E-state index in [-0.39, 0.29) is 49.1 Å². The quantitative estimate of drug-likeness (QED) is 0.891. The van der Waals surface area contributed by atoms with Crippen LogP contribution in [0.5, 0.6) is 5.75 Å². The fourth-order valence-corrected chi connectivity index (χ4v) is 2.40. The summed E-state index contributed by atoms with van der Waals surface area (Å²) >= 11 is 0. The Labute approximate surface area is 137 Å². The number of halogens is 3. The number of benzene rings is 1. The Balaban J connectivity index is 0.00000120. The first-order valence-corrected chi connectivity index (χ1v) is 6.07. The number of fused-ring (bicyclic) bond motifs is 1. The number of piperazine rings is 1. The zero-order valence-corrected chi connectivity index (χ0v) is 13.4. The van der Waals surface area contributed by atoms with Crippen molar-refractivity contribution in [2.45, 2.75) is 6.10 Å². The molecule has 1 N–H and O–H groups in total. The maximum atomic E-state index is 12.1. The van der Waals surface area contributed by atoms with Crippen molar-refractivity contribution in [2.24, 2.45) is 0 Å². The van der Waals surface area contributed by atoms with Crippen LogP contribution in [0.2, 0.25) is 0 Å². The van der Waals surface area contributed by atoms with Gasteiger partial charge in [-0.15, -0.1) is 37.2 Å². The lowest BCUT2D eigenvalue weighted by molar-refractivity contribution is 0.0769. The van der Waals surface area contributed by atoms with E-state index in [1.54, 1.807) is 0 Å². The number of carbonyl (C=O) groups is 1. The fraction of sp³-hybridized carbons (Fsp3) is 0.462. The predicted molar refractivity (Wildman–Crippen MR) is 86.2 cm³/mol. The molecule has 4 nitrogen and oxygen atoms in total. The van der Waals surface area contributed by atoms with Gasteiger partial charge in [0.2, 0.25) is 5.78 Å². The van der Waals surface area contributed by atoms with Gasteiger partial charge in [-0.2, -0.15) is 0 Å². The van der Waals surface area contributed by atoms with Gasteiger partial charge < -0.3 is 10.1 Å². The van der Waals surface area contributed by atoms with E-state index in [4.69, 9.17) is 4.74 Å². The van der Waals surface area contributed by atoms with Crippen molar-refractivity contribution in [3.8, 4) is 5.75 Å². The number of ether oxygens (including phenoxy) is 1. The van der Waals surface area contributed by atoms with Crippen molar-refractivity contribution in [1.82, 2.24) is 10.2 Å². The molecule has 1 aromatic rings. The molecule has 0 bridgehead atoms. The van der Waals surface area contributed by atoms with E-state index in [2.05, 4.69) is 10.2 Å². The van der Waals surface area contributed by atoms with E-state index in [1.165, 1.54) is 0 Å². The molecule has 2 aliphatic rings. The SMILES string of the molecule is Cl.Cl.Cl.O=C1c2ccccc2OC1CN1CCNCC1. The molecule has 0 spiro atoms. The van der Waals surface area contributed by atoms with Crippen LogP contribution < -0.4 is 10.1 Å². The highest BCUT2D eigenvalue weighted by atomic mass is 35.5. The minimum atomic E-state index is -0.314. The van der Waals surface area contributed by atoms with E-state index < -0.39 is 0 Å². The molecule has 1 unspecified atom stereocenters. The van der Waals surface area contributed by atoms with E-state index >= 15 is 0 Å². The van der Waals surface area contributed by atoms with Crippen LogP contribution in [0.3, 0.4) is 0 Å². The molecule has 0 aromatic heterocycles. The normalized spacial score (nSPS) is 20.8. The van der Waals surface area contributed by atoms with Crippen molar-refractivity contribution in [3.63, 3.8) is 0 Å². The average Bonchev–Trinajstić information content (AvgIpc) is 2.68. The van der Waals surface area contributed by atoms with Crippen molar-refractivity contribution in [3.05, 3.63) is 29.8 Å². The maximum absolute atomic E-state index is 12.1. The second-order valence-electron chi connectivity index (χ2n) is 4.52. The summed E-state index contributed by atoms with van der Waals surface area (Å²) in [6.45, 7) is 4.67. The Morgan fingerprint density at radius 2 is 1.80 bits per heavy atom. The minimum Gasteiger partial charge on any atom is -0.480 e. The zero-order chi connectivity index (χ0) is 11.7. The molecular formula is C13H19Cl3N2O2. The number of nitrogens with zero attached hydrogens (tertiary/aromatic N) is 1. The molecule has 20 heavy (non-hydrogen) atoms. The molecule has 2 heterocycles. The topological polar surface area (TPSA) is 41.6 Å². The largest absolute Gasteiger partial charge is 0.480 e. The van der Waals surface area contributed by atoms with Crippen molar-refractivity contribution in [1.29, 1.82) is 0 Å². The summed E-state index contributed by atoms with van der Waals surface area (Å²) in [6, 6.07) is 7.49. The molecule has 1 saturated heterocycles. The van der Waals surface area contributed by atoms with Gasteiger partial charge in [-0.1, -0.05) is 12.1 Å². The van der Waals surface area contributed by atoms with Gasteiger partial charge in [-0.3, -0.25) is 9.69 Å². The molecule has 114 valence electrons. The average molecular weight is 342 g/mol. The number of hydrogen-bond acceptors (Lipinski definition) is 4. The summed E-state index contributed by atoms with van der Waals surface area (Å²) in [5.41, 5.74) is 0.729. The van der Waals surface area contributed by atoms with Crippen LogP contribution in [0.1, 0.15) is 10.4 Å². The van der Waals surface area contributed by atoms with Crippen LogP contribution in [-0.2, 0) is 0 Å². The fourth-order valence-electron chi connectivity index (χ4n) is 2.40. The molecular weight excluding hydrogens is 323 g/mol. The lowest BCUT2D eigenvalue weighted by Crippen LogP contribution is -2.48. The molecule has 0 amide bonds. The number of carbonyl (C=O) groups excluding carboxylic acids is 1. The van der Waals surface area contributed by atoms with Gasteiger partial charge in [-0.25, -0.2) is 0 Å². The highest BCUT2D eigenvalue weighted by Crippen LogP contribution is 2.28. The Morgan fingerprint density at radius 3 is 2.45 bits per heavy atom. The van der Waals surface area contributed by atoms with Crippen molar-refractivity contribution in [2.75, 3.05) is 32.7 Å². The second-order valence-corrected chi connectivity index (χ2v) is 4.52. The lowest BCUT2D eigenvalue weighted by Gasteiger charge is -2.28. The highest BCUT2D eigenvalue weighted by Gasteiger charge is 2.33. The lowest BCUT2D eigenvalue weighted by atomic mass is 10.1. The molecule has 1 fully saturated rings. The van der Waals surface area contributed by atoms with Gasteiger partial charge >= 0.3 is 0 Å². The first-order valence-electron chi connectivity index (χ1n) is 6.07. The number of ketones is 1. The molecule has 0 aliphatic carbocycles. The summed E-state index contributed by atoms with van der Waals surface area (Å²) in [7, 11) is 0. The number of nitrogens with one attached hydrogen (secondary N) is 1. The Bertz CT molecular complexity index is 439. The predicted octanol–water partition coefficient (Wildman–Crippen LogP) is 1.80. The zero-order valence-electron chi connectivity index (χ0n) is 10.9. The summed E-state index contributed by atoms with van der Waals surface area (Å²) in [5, 5.41) is 3.30. The Morgan fingerprint density at radius 1 is 1.15 bits per heavy atom.